The van der Waals surface area contributed by atoms with E-state index < -0.39 is 29.6 Å². The van der Waals surface area contributed by atoms with Crippen LogP contribution in [-0.2, 0) is 0 Å². The second kappa shape index (κ2) is 8.95. The lowest BCUT2D eigenvalue weighted by Gasteiger charge is -2.68. The second-order valence-electron chi connectivity index (χ2n) is 22.2. The third kappa shape index (κ3) is 3.09. The average Bonchev–Trinajstić information content (AvgIpc) is 3.41. The largest absolute Gasteiger partial charge is 0.406 e. The first-order chi connectivity index (χ1) is 20.6. The van der Waals surface area contributed by atoms with Gasteiger partial charge < -0.3 is 4.57 Å². The predicted octanol–water partition coefficient (Wildman–Crippen LogP) is 11.3. The molecule has 0 amide bonds. The predicted molar refractivity (Wildman–Crippen MR) is 198 cm³/mol. The van der Waals surface area contributed by atoms with Gasteiger partial charge in [0.15, 0.2) is 0 Å². The van der Waals surface area contributed by atoms with Crippen LogP contribution >= 0.6 is 0 Å². The highest BCUT2D eigenvalue weighted by atomic mass is 29.9. The molecule has 2 saturated heterocycles. The van der Waals surface area contributed by atoms with Gasteiger partial charge in [-0.05, 0) is 144 Å². The van der Waals surface area contributed by atoms with Crippen molar-refractivity contribution in [1.82, 2.24) is 4.57 Å². The summed E-state index contributed by atoms with van der Waals surface area (Å²) in [5.41, 5.74) is 2.26. The number of allylic oxidation sites excluding steroid dienone is 1. The maximum atomic E-state index is 3.76. The van der Waals surface area contributed by atoms with E-state index in [9.17, 15) is 0 Å². The number of rotatable bonds is 3. The smallest absolute Gasteiger partial charge is 0.144 e. The molecule has 246 valence electrons. The third-order valence-corrected chi connectivity index (χ3v) is 87.3. The Morgan fingerprint density at radius 2 is 1.02 bits per heavy atom. The Morgan fingerprint density at radius 3 is 1.45 bits per heavy atom. The van der Waals surface area contributed by atoms with E-state index in [4.69, 9.17) is 0 Å². The maximum absolute atomic E-state index is 3.76. The average molecular weight is 664 g/mol. The SMILES string of the molecule is CC(C)(C)[Si](C)(C)[Si]12C(=C3C4CC5CC(C4)CC3C5)N(C3CCCCC3)[Si]1([Si](C)(C)C(C)(C)C)C21C2CC3CC(C2)CC1C3. The van der Waals surface area contributed by atoms with Crippen LogP contribution in [0.1, 0.15) is 138 Å². The van der Waals surface area contributed by atoms with Crippen LogP contribution in [0.3, 0.4) is 0 Å². The third-order valence-electron chi connectivity index (χ3n) is 18.9. The zero-order valence-corrected chi connectivity index (χ0v) is 34.7. The molecule has 11 aliphatic rings. The van der Waals surface area contributed by atoms with Crippen LogP contribution in [0.5, 0.6) is 0 Å². The quantitative estimate of drug-likeness (QED) is 0.272. The fourth-order valence-electron chi connectivity index (χ4n) is 16.7. The zero-order chi connectivity index (χ0) is 31.0. The molecule has 8 bridgehead atoms. The van der Waals surface area contributed by atoms with E-state index in [1.165, 1.54) is 19.3 Å². The number of hydrogen-bond donors (Lipinski definition) is 0. The molecule has 9 aliphatic carbocycles. The Balaban J connectivity index is 1.39. The molecule has 1 nitrogen and oxygen atoms in total. The molecule has 44 heavy (non-hydrogen) atoms. The van der Waals surface area contributed by atoms with Crippen molar-refractivity contribution in [3.8, 4) is 0 Å². The van der Waals surface area contributed by atoms with Crippen LogP contribution in [0.4, 0.5) is 0 Å². The number of hydrogen-bond acceptors (Lipinski definition) is 1. The minimum Gasteiger partial charge on any atom is -0.406 e. The Morgan fingerprint density at radius 1 is 0.591 bits per heavy atom. The molecule has 11 fully saturated rings. The van der Waals surface area contributed by atoms with Crippen molar-refractivity contribution < 1.29 is 0 Å². The molecule has 5 heteroatoms. The van der Waals surface area contributed by atoms with Gasteiger partial charge >= 0.3 is 0 Å². The summed E-state index contributed by atoms with van der Waals surface area (Å²) in [7, 11) is -6.75. The van der Waals surface area contributed by atoms with Gasteiger partial charge in [0.1, 0.15) is 14.4 Å². The summed E-state index contributed by atoms with van der Waals surface area (Å²) in [6.07, 6.45) is 24.0. The van der Waals surface area contributed by atoms with Gasteiger partial charge in [-0.15, -0.1) is 0 Å². The summed E-state index contributed by atoms with van der Waals surface area (Å²) < 4.78 is 4.63. The normalized spacial score (nSPS) is 49.6. The first-order valence-corrected chi connectivity index (χ1v) is 33.0. The minimum atomic E-state index is -1.75. The summed E-state index contributed by atoms with van der Waals surface area (Å²) in [5, 5.41) is 3.41. The van der Waals surface area contributed by atoms with Crippen LogP contribution < -0.4 is 0 Å². The summed E-state index contributed by atoms with van der Waals surface area (Å²) in [5.74, 6) is 8.69. The molecule has 2 atom stereocenters. The topological polar surface area (TPSA) is 3.24 Å². The van der Waals surface area contributed by atoms with Crippen molar-refractivity contribution >= 4 is 29.6 Å². The van der Waals surface area contributed by atoms with E-state index in [2.05, 4.69) is 83.2 Å². The Labute approximate surface area is 276 Å². The molecule has 1 spiro atoms. The van der Waals surface area contributed by atoms with Crippen LogP contribution in [0.2, 0.25) is 40.9 Å². The molecular formula is C39H69NSi4. The van der Waals surface area contributed by atoms with Crippen molar-refractivity contribution in [3.05, 3.63) is 10.9 Å². The maximum Gasteiger partial charge on any atom is 0.144 e. The van der Waals surface area contributed by atoms with Crippen molar-refractivity contribution in [2.75, 3.05) is 0 Å². The van der Waals surface area contributed by atoms with Gasteiger partial charge in [-0.25, -0.2) is 0 Å². The first-order valence-electron chi connectivity index (χ1n) is 20.1. The molecule has 0 aromatic carbocycles. The van der Waals surface area contributed by atoms with E-state index in [0.717, 1.165) is 58.0 Å². The minimum absolute atomic E-state index is 0.519. The summed E-state index contributed by atoms with van der Waals surface area (Å²) in [6, 6.07) is 0.936. The van der Waals surface area contributed by atoms with Gasteiger partial charge in [0.25, 0.3) is 0 Å². The fraction of sp³-hybridized carbons (Fsp3) is 0.949. The van der Waals surface area contributed by atoms with Crippen LogP contribution in [-0.4, -0.2) is 40.2 Å². The van der Waals surface area contributed by atoms with Gasteiger partial charge in [0.2, 0.25) is 0 Å². The molecule has 2 aliphatic heterocycles. The van der Waals surface area contributed by atoms with Crippen LogP contribution in [0.15, 0.2) is 10.9 Å². The first kappa shape index (κ1) is 30.5. The van der Waals surface area contributed by atoms with E-state index >= 15 is 0 Å². The van der Waals surface area contributed by atoms with E-state index in [1.807, 2.05) is 0 Å². The molecule has 2 heterocycles. The molecule has 2 unspecified atom stereocenters. The highest BCUT2D eigenvalue weighted by Crippen LogP contribution is 2.96. The molecule has 0 N–H and O–H groups in total. The molecule has 0 aromatic rings. The molecule has 0 radical (unpaired) electrons. The summed E-state index contributed by atoms with van der Waals surface area (Å²) in [4.78, 5) is 0. The van der Waals surface area contributed by atoms with E-state index in [0.29, 0.717) is 10.1 Å². The van der Waals surface area contributed by atoms with Gasteiger partial charge in [0, 0.05) is 6.04 Å². The van der Waals surface area contributed by atoms with Crippen LogP contribution in [0, 0.1) is 47.3 Å². The van der Waals surface area contributed by atoms with E-state index in [1.54, 1.807) is 77.0 Å². The van der Waals surface area contributed by atoms with Gasteiger partial charge in [-0.1, -0.05) is 92.6 Å². The highest BCUT2D eigenvalue weighted by Gasteiger charge is 3.09. The Bertz CT molecular complexity index is 1220. The summed E-state index contributed by atoms with van der Waals surface area (Å²) >= 11 is 0. The van der Waals surface area contributed by atoms with Gasteiger partial charge in [0.05, 0.1) is 15.2 Å². The van der Waals surface area contributed by atoms with E-state index in [-0.39, 0.29) is 0 Å². The number of fused-ring (bicyclic) bond motifs is 1. The molecular weight excluding hydrogens is 595 g/mol. The molecule has 0 aromatic heterocycles. The van der Waals surface area contributed by atoms with Crippen molar-refractivity contribution in [1.29, 1.82) is 0 Å². The van der Waals surface area contributed by atoms with Crippen LogP contribution in [0.25, 0.3) is 0 Å². The van der Waals surface area contributed by atoms with Crippen molar-refractivity contribution in [2.45, 2.75) is 185 Å². The highest BCUT2D eigenvalue weighted by molar-refractivity contribution is 8.01. The Kier molecular flexibility index (Phi) is 6.19. The lowest BCUT2D eigenvalue weighted by Crippen LogP contribution is -2.86. The lowest BCUT2D eigenvalue weighted by molar-refractivity contribution is 0.00761. The Hall–Kier alpha value is 0.408. The zero-order valence-electron chi connectivity index (χ0n) is 30.7. The second-order valence-corrected chi connectivity index (χ2v) is 57.0. The standard InChI is InChI=1S/C39H69NSi4/c1-37(2,3)41(7,8)43-36(35-30-18-26-16-27(20-30)21-31(35)19-26)40(34-14-12-11-13-15-34)44(43,42(9,10)38(4,5)6)39(43)32-22-28-17-29(24-32)25-33(39)23-28/h26-34H,11-25H2,1-10H3. The van der Waals surface area contributed by atoms with Crippen molar-refractivity contribution in [3.63, 3.8) is 0 Å². The number of nitrogens with zero attached hydrogens (tertiary/aromatic N) is 1. The molecule has 9 saturated carbocycles. The summed E-state index contributed by atoms with van der Waals surface area (Å²) in [6.45, 7) is 29.2. The van der Waals surface area contributed by atoms with Gasteiger partial charge in [-0.3, -0.25) is 0 Å². The molecule has 11 rings (SSSR count). The van der Waals surface area contributed by atoms with Crippen molar-refractivity contribution in [2.24, 2.45) is 47.3 Å². The monoisotopic (exact) mass is 663 g/mol. The fourth-order valence-corrected chi connectivity index (χ4v) is 130. The van der Waals surface area contributed by atoms with Gasteiger partial charge in [-0.2, -0.15) is 0 Å². The lowest BCUT2D eigenvalue weighted by atomic mass is 9.54.